The third kappa shape index (κ3) is 7.19. The number of ketones is 1. The summed E-state index contributed by atoms with van der Waals surface area (Å²) in [5.41, 5.74) is -0.629. The molecule has 4 aliphatic rings. The minimum absolute atomic E-state index is 0.112. The molecule has 0 spiro atoms. The van der Waals surface area contributed by atoms with E-state index in [0.717, 1.165) is 0 Å². The van der Waals surface area contributed by atoms with Gasteiger partial charge in [-0.1, -0.05) is 69.2 Å². The third-order valence-corrected chi connectivity index (χ3v) is 44.0. The van der Waals surface area contributed by atoms with E-state index in [9.17, 15) is 4.79 Å². The van der Waals surface area contributed by atoms with Gasteiger partial charge in [0.1, 0.15) is 10.5 Å². The molecule has 0 aromatic rings. The summed E-state index contributed by atoms with van der Waals surface area (Å²) in [4.78, 5) is 13.4. The largest absolute Gasteiger partial charge is 0.655 e. The normalized spacial score (nSPS) is 44.4. The van der Waals surface area contributed by atoms with Gasteiger partial charge in [0.05, 0.1) is 6.61 Å². The van der Waals surface area contributed by atoms with E-state index in [1.165, 1.54) is 0 Å². The zero-order valence-corrected chi connectivity index (χ0v) is 38.3. The van der Waals surface area contributed by atoms with E-state index in [0.29, 0.717) is 59.2 Å². The second-order valence-electron chi connectivity index (χ2n) is 11.9. The van der Waals surface area contributed by atoms with Gasteiger partial charge in [-0.3, -0.25) is 4.79 Å². The molecule has 23 heteroatoms. The van der Waals surface area contributed by atoms with Crippen molar-refractivity contribution in [3.63, 3.8) is 0 Å². The first-order valence-electron chi connectivity index (χ1n) is 16.0. The Bertz CT molecular complexity index is 1040. The van der Waals surface area contributed by atoms with Crippen molar-refractivity contribution in [3.8, 4) is 0 Å². The van der Waals surface area contributed by atoms with Gasteiger partial charge < -0.3 is 53.8 Å². The Labute approximate surface area is 275 Å². The van der Waals surface area contributed by atoms with E-state index in [-0.39, 0.29) is 12.4 Å². The standard InChI is InChI=1S/C21H52O14Si9/c1-11-21(9,10)20(22)19-23-44-26-37(12-2)25-39(14-4)29-40(15-5)27-38(13-3,24-36)28-42(17-7,34-44)32-41(16-6,31-40)33-43(18-8,30-39)35-44/h37H,11-19H2,1-10,36H3. The molecular formula is C21H52O14Si9. The summed E-state index contributed by atoms with van der Waals surface area (Å²) < 4.78 is 89.9. The van der Waals surface area contributed by atoms with Gasteiger partial charge in [-0.15, -0.1) is 0 Å². The molecular weight excluding hydrogens is 729 g/mol. The molecule has 4 fully saturated rings. The van der Waals surface area contributed by atoms with Crippen LogP contribution in [0.1, 0.15) is 75.7 Å². The maximum atomic E-state index is 13.4. The Morgan fingerprint density at radius 3 is 1.48 bits per heavy atom. The zero-order chi connectivity index (χ0) is 32.7. The first-order chi connectivity index (χ1) is 20.6. The summed E-state index contributed by atoms with van der Waals surface area (Å²) in [6.45, 7) is 19.1. The summed E-state index contributed by atoms with van der Waals surface area (Å²) in [5, 5.41) is 0. The van der Waals surface area contributed by atoms with Gasteiger partial charge in [-0.05, 0) is 12.5 Å². The number of hydrogen-bond acceptors (Lipinski definition) is 14. The molecule has 8 atom stereocenters. The smallest absolute Gasteiger partial charge is 0.425 e. The van der Waals surface area contributed by atoms with E-state index >= 15 is 0 Å². The number of Topliss-reactive ketones (excluding diaryl/α,β-unsaturated/α-hetero) is 1. The highest BCUT2D eigenvalue weighted by molar-refractivity contribution is 6.99. The van der Waals surface area contributed by atoms with Crippen LogP contribution >= 0.6 is 0 Å². The molecule has 8 unspecified atom stereocenters. The number of fused-ring (bicyclic) bond motifs is 4. The average Bonchev–Trinajstić information content (AvgIpc) is 2.99. The SMILES string of the molecule is CC[SiH]1O[Si]2(CC)O[Si]3(CC)O[Si](CC)(O[SiH3])O[Si]4(CC)O[Si](CC)(O3)O[Si](CC)(O2)O[Si](OCC(=O)C(C)(C)CC)(O1)O4. The molecule has 0 aliphatic carbocycles. The van der Waals surface area contributed by atoms with Crippen LogP contribution in [-0.4, -0.2) is 94.0 Å². The molecule has 4 heterocycles. The fraction of sp³-hybridized carbons (Fsp3) is 0.952. The summed E-state index contributed by atoms with van der Waals surface area (Å²) in [6, 6.07) is 2.73. The highest BCUT2D eigenvalue weighted by Gasteiger charge is 2.78. The van der Waals surface area contributed by atoms with Crippen molar-refractivity contribution in [1.29, 1.82) is 0 Å². The fourth-order valence-corrected chi connectivity index (χ4v) is 51.2. The van der Waals surface area contributed by atoms with Gasteiger partial charge in [0.15, 0.2) is 5.78 Å². The van der Waals surface area contributed by atoms with Crippen LogP contribution in [-0.2, 0) is 58.6 Å². The molecule has 4 saturated heterocycles. The lowest BCUT2D eigenvalue weighted by Gasteiger charge is -2.58. The van der Waals surface area contributed by atoms with E-state index in [4.69, 9.17) is 53.8 Å². The Balaban J connectivity index is 2.02. The summed E-state index contributed by atoms with van der Waals surface area (Å²) in [7, 11) is -29.0. The first-order valence-corrected chi connectivity index (χ1v) is 31.8. The van der Waals surface area contributed by atoms with Crippen LogP contribution in [0.4, 0.5) is 0 Å². The van der Waals surface area contributed by atoms with Crippen molar-refractivity contribution >= 4 is 87.4 Å². The summed E-state index contributed by atoms with van der Waals surface area (Å²) in [5.74, 6) is -0.112. The van der Waals surface area contributed by atoms with Crippen molar-refractivity contribution in [2.75, 3.05) is 6.61 Å². The van der Waals surface area contributed by atoms with Crippen molar-refractivity contribution in [2.24, 2.45) is 5.41 Å². The van der Waals surface area contributed by atoms with E-state index in [2.05, 4.69) is 0 Å². The van der Waals surface area contributed by atoms with Crippen LogP contribution in [0, 0.1) is 5.41 Å². The van der Waals surface area contributed by atoms with Gasteiger partial charge in [0.25, 0.3) is 0 Å². The summed E-state index contributed by atoms with van der Waals surface area (Å²) in [6.07, 6.45) is 0.633. The molecule has 0 amide bonds. The molecule has 14 nitrogen and oxygen atoms in total. The quantitative estimate of drug-likeness (QED) is 0.253. The Kier molecular flexibility index (Phi) is 11.9. The lowest BCUT2D eigenvalue weighted by Crippen LogP contribution is -2.84. The van der Waals surface area contributed by atoms with Gasteiger partial charge >= 0.3 is 71.2 Å². The zero-order valence-electron chi connectivity index (χ0n) is 28.2. The van der Waals surface area contributed by atoms with E-state index in [1.54, 1.807) is 0 Å². The van der Waals surface area contributed by atoms with E-state index < -0.39 is 76.6 Å². The van der Waals surface area contributed by atoms with Crippen LogP contribution in [0.15, 0.2) is 0 Å². The average molecular weight is 781 g/mol. The van der Waals surface area contributed by atoms with Gasteiger partial charge in [0.2, 0.25) is 0 Å². The molecule has 256 valence electrons. The predicted molar refractivity (Wildman–Crippen MR) is 179 cm³/mol. The van der Waals surface area contributed by atoms with Crippen LogP contribution < -0.4 is 0 Å². The Morgan fingerprint density at radius 2 is 1.07 bits per heavy atom. The van der Waals surface area contributed by atoms with Crippen molar-refractivity contribution < 1.29 is 58.6 Å². The second-order valence-corrected chi connectivity index (χ2v) is 38.1. The maximum absolute atomic E-state index is 13.4. The molecule has 0 aromatic heterocycles. The highest BCUT2D eigenvalue weighted by Crippen LogP contribution is 2.48. The van der Waals surface area contributed by atoms with Gasteiger partial charge in [0, 0.05) is 41.7 Å². The third-order valence-electron chi connectivity index (χ3n) is 8.59. The topological polar surface area (TPSA) is 137 Å². The van der Waals surface area contributed by atoms with Gasteiger partial charge in [-0.2, -0.15) is 0 Å². The monoisotopic (exact) mass is 780 g/mol. The first kappa shape index (κ1) is 37.9. The molecule has 4 aliphatic heterocycles. The second kappa shape index (κ2) is 13.8. The molecule has 0 saturated carbocycles. The minimum Gasteiger partial charge on any atom is -0.425 e. The minimum atomic E-state index is -4.35. The van der Waals surface area contributed by atoms with Crippen molar-refractivity contribution in [2.45, 2.75) is 118 Å². The molecule has 0 radical (unpaired) electrons. The predicted octanol–water partition coefficient (Wildman–Crippen LogP) is 2.97. The van der Waals surface area contributed by atoms with Crippen LogP contribution in [0.5, 0.6) is 0 Å². The van der Waals surface area contributed by atoms with Crippen LogP contribution in [0.2, 0.25) is 42.3 Å². The molecule has 6 bridgehead atoms. The van der Waals surface area contributed by atoms with Crippen molar-refractivity contribution in [1.82, 2.24) is 0 Å². The number of hydrogen-bond donors (Lipinski definition) is 0. The Morgan fingerprint density at radius 1 is 0.636 bits per heavy atom. The van der Waals surface area contributed by atoms with Crippen LogP contribution in [0.3, 0.4) is 0 Å². The fourth-order valence-electron chi connectivity index (χ4n) is 5.11. The molecule has 0 N–H and O–H groups in total. The Hall–Kier alpha value is 1.10. The van der Waals surface area contributed by atoms with Crippen molar-refractivity contribution in [3.05, 3.63) is 0 Å². The van der Waals surface area contributed by atoms with Crippen LogP contribution in [0.25, 0.3) is 0 Å². The highest BCUT2D eigenvalue weighted by atomic mass is 28.6. The molecule has 0 aromatic carbocycles. The lowest BCUT2D eigenvalue weighted by molar-refractivity contribution is -0.132. The number of carbonyl (C=O) groups is 1. The van der Waals surface area contributed by atoms with E-state index in [1.807, 2.05) is 69.2 Å². The lowest BCUT2D eigenvalue weighted by atomic mass is 9.86. The summed E-state index contributed by atoms with van der Waals surface area (Å²) >= 11 is 0. The molecule has 4 rings (SSSR count). The maximum Gasteiger partial charge on any atom is 0.655 e. The number of carbonyl (C=O) groups excluding carboxylic acids is 1. The number of rotatable bonds is 13. The molecule has 44 heavy (non-hydrogen) atoms. The van der Waals surface area contributed by atoms with Gasteiger partial charge in [-0.25, -0.2) is 0 Å².